The van der Waals surface area contributed by atoms with Crippen LogP contribution in [-0.4, -0.2) is 27.9 Å². The number of aryl methyl sites for hydroxylation is 1. The minimum absolute atomic E-state index is 0.188. The van der Waals surface area contributed by atoms with E-state index in [2.05, 4.69) is 15.5 Å². The molecular weight excluding hydrogens is 465 g/mol. The average Bonchev–Trinajstić information content (AvgIpc) is 3.53. The number of nitrogens with zero attached hydrogens (tertiary/aromatic N) is 3. The van der Waals surface area contributed by atoms with Crippen LogP contribution in [0.1, 0.15) is 49.8 Å². The Morgan fingerprint density at radius 2 is 1.86 bits per heavy atom. The van der Waals surface area contributed by atoms with Gasteiger partial charge in [0.1, 0.15) is 11.6 Å². The highest BCUT2D eigenvalue weighted by atomic mass is 19.1. The molecule has 2 aromatic heterocycles. The van der Waals surface area contributed by atoms with Gasteiger partial charge in [-0.2, -0.15) is 0 Å². The lowest BCUT2D eigenvalue weighted by Gasteiger charge is -2.46. The third-order valence-electron chi connectivity index (χ3n) is 6.57. The monoisotopic (exact) mass is 493 g/mol. The zero-order valence-corrected chi connectivity index (χ0v) is 19.9. The molecule has 0 bridgehead atoms. The second-order valence-electron chi connectivity index (χ2n) is 8.93. The molecule has 0 saturated heterocycles. The first kappa shape index (κ1) is 25.0. The molecule has 36 heavy (non-hydrogen) atoms. The number of amides is 3. The van der Waals surface area contributed by atoms with Crippen LogP contribution in [0.25, 0.3) is 0 Å². The molecule has 10 heteroatoms. The minimum atomic E-state index is -1.58. The number of aromatic nitrogens is 2. The van der Waals surface area contributed by atoms with Crippen LogP contribution in [0.3, 0.4) is 0 Å². The Bertz CT molecular complexity index is 1240. The fraction of sp³-hybridized carbons (Fsp3) is 0.346. The summed E-state index contributed by atoms with van der Waals surface area (Å²) in [5.74, 6) is -1.80. The van der Waals surface area contributed by atoms with Crippen LogP contribution < -0.4 is 16.0 Å². The van der Waals surface area contributed by atoms with Crippen LogP contribution >= 0.6 is 0 Å². The second kappa shape index (κ2) is 10.7. The Morgan fingerprint density at radius 1 is 1.14 bits per heavy atom. The molecule has 3 amide bonds. The summed E-state index contributed by atoms with van der Waals surface area (Å²) in [5, 5.41) is 6.30. The maximum absolute atomic E-state index is 14.4. The highest BCUT2D eigenvalue weighted by Gasteiger charge is 2.53. The highest BCUT2D eigenvalue weighted by Crippen LogP contribution is 2.47. The maximum Gasteiger partial charge on any atom is 0.248 e. The van der Waals surface area contributed by atoms with Gasteiger partial charge in [-0.1, -0.05) is 24.1 Å². The van der Waals surface area contributed by atoms with E-state index >= 15 is 0 Å². The maximum atomic E-state index is 14.4. The van der Waals surface area contributed by atoms with Gasteiger partial charge in [0.25, 0.3) is 0 Å². The molecule has 0 aliphatic heterocycles. The summed E-state index contributed by atoms with van der Waals surface area (Å²) in [6.45, 7) is 1.69. The molecule has 1 aliphatic carbocycles. The zero-order chi connectivity index (χ0) is 25.7. The first-order valence-electron chi connectivity index (χ1n) is 11.8. The minimum Gasteiger partial charge on any atom is -0.367 e. The van der Waals surface area contributed by atoms with Gasteiger partial charge in [-0.05, 0) is 61.6 Å². The van der Waals surface area contributed by atoms with Crippen molar-refractivity contribution in [1.82, 2.24) is 10.1 Å². The Kier molecular flexibility index (Phi) is 7.42. The summed E-state index contributed by atoms with van der Waals surface area (Å²) in [5.41, 5.74) is 5.22. The van der Waals surface area contributed by atoms with Crippen molar-refractivity contribution in [2.45, 2.75) is 51.0 Å². The van der Waals surface area contributed by atoms with Gasteiger partial charge in [0.05, 0.1) is 0 Å². The summed E-state index contributed by atoms with van der Waals surface area (Å²) in [6, 6.07) is 10.4. The first-order valence-corrected chi connectivity index (χ1v) is 11.8. The Morgan fingerprint density at radius 3 is 2.47 bits per heavy atom. The molecule has 2 heterocycles. The third-order valence-corrected chi connectivity index (χ3v) is 6.57. The van der Waals surface area contributed by atoms with Gasteiger partial charge in [0.15, 0.2) is 11.4 Å². The summed E-state index contributed by atoms with van der Waals surface area (Å²) in [7, 11) is 0. The number of benzene rings is 1. The van der Waals surface area contributed by atoms with Gasteiger partial charge in [-0.3, -0.25) is 24.3 Å². The van der Waals surface area contributed by atoms with E-state index in [0.717, 1.165) is 12.8 Å². The molecule has 9 nitrogen and oxygen atoms in total. The predicted molar refractivity (Wildman–Crippen MR) is 130 cm³/mol. The van der Waals surface area contributed by atoms with Crippen molar-refractivity contribution >= 4 is 29.2 Å². The van der Waals surface area contributed by atoms with Crippen molar-refractivity contribution < 1.29 is 23.3 Å². The number of pyridine rings is 1. The van der Waals surface area contributed by atoms with Gasteiger partial charge in [0.2, 0.25) is 17.7 Å². The van der Waals surface area contributed by atoms with Crippen LogP contribution in [0.2, 0.25) is 0 Å². The fourth-order valence-corrected chi connectivity index (χ4v) is 5.07. The van der Waals surface area contributed by atoms with Crippen LogP contribution in [0.5, 0.6) is 0 Å². The van der Waals surface area contributed by atoms with Gasteiger partial charge in [-0.15, -0.1) is 0 Å². The van der Waals surface area contributed by atoms with E-state index in [0.29, 0.717) is 24.2 Å². The summed E-state index contributed by atoms with van der Waals surface area (Å²) < 4.78 is 19.3. The van der Waals surface area contributed by atoms with E-state index < -0.39 is 29.1 Å². The number of nitrogens with one attached hydrogen (secondary N) is 1. The Hall–Kier alpha value is -4.08. The molecule has 0 spiro atoms. The number of carbonyl (C=O) groups is 3. The number of nitrogens with two attached hydrogens (primary N) is 1. The normalized spacial score (nSPS) is 15.3. The van der Waals surface area contributed by atoms with Gasteiger partial charge in [0, 0.05) is 37.0 Å². The Balaban J connectivity index is 1.74. The molecule has 0 radical (unpaired) electrons. The molecule has 1 aliphatic rings. The van der Waals surface area contributed by atoms with Gasteiger partial charge >= 0.3 is 0 Å². The molecule has 1 fully saturated rings. The number of rotatable bonds is 9. The van der Waals surface area contributed by atoms with Crippen LogP contribution in [0.15, 0.2) is 59.4 Å². The van der Waals surface area contributed by atoms with Crippen LogP contribution in [-0.2, 0) is 19.9 Å². The summed E-state index contributed by atoms with van der Waals surface area (Å²) >= 11 is 0. The van der Waals surface area contributed by atoms with Crippen molar-refractivity contribution in [2.75, 3.05) is 10.2 Å². The molecular formula is C26H28FN5O4. The number of anilines is 2. The molecule has 1 saturated carbocycles. The van der Waals surface area contributed by atoms with Crippen molar-refractivity contribution in [1.29, 1.82) is 0 Å². The molecule has 1 aromatic carbocycles. The first-order chi connectivity index (χ1) is 17.3. The molecule has 3 aromatic rings. The lowest BCUT2D eigenvalue weighted by atomic mass is 9.74. The SMILES string of the molecule is Cc1cc(NC(=O)CCC(=O)N(c2cccc(F)c2)C(C(N)=O)(c2ccncc2)C2CCCC2)no1. The third kappa shape index (κ3) is 4.98. The van der Waals surface area contributed by atoms with E-state index in [1.807, 2.05) is 0 Å². The van der Waals surface area contributed by atoms with Gasteiger partial charge < -0.3 is 15.6 Å². The fourth-order valence-electron chi connectivity index (χ4n) is 5.07. The molecule has 1 unspecified atom stereocenters. The van der Waals surface area contributed by atoms with E-state index in [-0.39, 0.29) is 30.3 Å². The number of hydrogen-bond donors (Lipinski definition) is 2. The lowest BCUT2D eigenvalue weighted by Crippen LogP contribution is -2.61. The van der Waals surface area contributed by atoms with Crippen LogP contribution in [0.4, 0.5) is 15.9 Å². The second-order valence-corrected chi connectivity index (χ2v) is 8.93. The van der Waals surface area contributed by atoms with Crippen LogP contribution in [0, 0.1) is 18.7 Å². The number of carbonyl (C=O) groups excluding carboxylic acids is 3. The van der Waals surface area contributed by atoms with E-state index in [1.54, 1.807) is 31.2 Å². The predicted octanol–water partition coefficient (Wildman–Crippen LogP) is 3.84. The van der Waals surface area contributed by atoms with E-state index in [1.165, 1.54) is 35.5 Å². The summed E-state index contributed by atoms with van der Waals surface area (Å²) in [4.78, 5) is 45.1. The molecule has 1 atom stereocenters. The number of primary amides is 1. The van der Waals surface area contributed by atoms with Crippen molar-refractivity contribution in [2.24, 2.45) is 11.7 Å². The molecule has 3 N–H and O–H groups in total. The smallest absolute Gasteiger partial charge is 0.248 e. The highest BCUT2D eigenvalue weighted by molar-refractivity contribution is 6.05. The molecule has 188 valence electrons. The zero-order valence-electron chi connectivity index (χ0n) is 19.9. The van der Waals surface area contributed by atoms with Crippen molar-refractivity contribution in [3.05, 3.63) is 72.0 Å². The molecule has 4 rings (SSSR count). The van der Waals surface area contributed by atoms with E-state index in [4.69, 9.17) is 10.3 Å². The standard InChI is InChI=1S/C26H28FN5O4/c1-17-15-22(31-36-17)30-23(33)9-10-24(34)32(21-8-4-7-20(27)16-21)26(25(28)35,18-5-2-3-6-18)19-11-13-29-14-12-19/h4,7-8,11-16,18H,2-3,5-6,9-10H2,1H3,(H2,28,35)(H,30,31,33). The quantitative estimate of drug-likeness (QED) is 0.466. The topological polar surface area (TPSA) is 131 Å². The average molecular weight is 494 g/mol. The van der Waals surface area contributed by atoms with Crippen molar-refractivity contribution in [3.8, 4) is 0 Å². The van der Waals surface area contributed by atoms with Crippen molar-refractivity contribution in [3.63, 3.8) is 0 Å². The number of halogens is 1. The van der Waals surface area contributed by atoms with E-state index in [9.17, 15) is 18.8 Å². The van der Waals surface area contributed by atoms with Gasteiger partial charge in [-0.25, -0.2) is 4.39 Å². The lowest BCUT2D eigenvalue weighted by molar-refractivity contribution is -0.131. The largest absolute Gasteiger partial charge is 0.367 e. The Labute approximate surface area is 207 Å². The number of hydrogen-bond acceptors (Lipinski definition) is 6. The summed E-state index contributed by atoms with van der Waals surface area (Å²) in [6.07, 6.45) is 5.70.